The lowest BCUT2D eigenvalue weighted by atomic mass is 10.0. The van der Waals surface area contributed by atoms with Crippen molar-refractivity contribution in [3.63, 3.8) is 0 Å². The summed E-state index contributed by atoms with van der Waals surface area (Å²) in [5, 5.41) is 4.68. The summed E-state index contributed by atoms with van der Waals surface area (Å²) < 4.78 is 0. The monoisotopic (exact) mass is 196 g/mol. The first-order valence-electron chi connectivity index (χ1n) is 4.98. The van der Waals surface area contributed by atoms with E-state index in [1.165, 1.54) is 22.0 Å². The summed E-state index contributed by atoms with van der Waals surface area (Å²) in [6, 6.07) is 0. The largest absolute Gasteiger partial charge is 0.316 e. The van der Waals surface area contributed by atoms with Crippen LogP contribution in [0.2, 0.25) is 0 Å². The van der Waals surface area contributed by atoms with Crippen LogP contribution >= 0.6 is 11.3 Å². The molecule has 2 nitrogen and oxygen atoms in total. The molecule has 0 radical (unpaired) electrons. The average molecular weight is 196 g/mol. The number of aryl methyl sites for hydroxylation is 2. The predicted octanol–water partition coefficient (Wildman–Crippen LogP) is 2.09. The van der Waals surface area contributed by atoms with Crippen LogP contribution in [0.1, 0.15) is 34.8 Å². The van der Waals surface area contributed by atoms with Gasteiger partial charge in [0.2, 0.25) is 0 Å². The van der Waals surface area contributed by atoms with E-state index in [1.54, 1.807) is 0 Å². The fraction of sp³-hybridized carbons (Fsp3) is 0.700. The predicted molar refractivity (Wildman–Crippen MR) is 56.5 cm³/mol. The summed E-state index contributed by atoms with van der Waals surface area (Å²) in [5.74, 6) is 0.677. The molecule has 1 unspecified atom stereocenters. The third-order valence-corrected chi connectivity index (χ3v) is 3.76. The van der Waals surface area contributed by atoms with E-state index in [-0.39, 0.29) is 0 Å². The quantitative estimate of drug-likeness (QED) is 0.783. The Balaban J connectivity index is 2.22. The molecule has 1 atom stereocenters. The summed E-state index contributed by atoms with van der Waals surface area (Å²) in [6.07, 6.45) is 2.33. The fourth-order valence-electron chi connectivity index (χ4n) is 1.88. The minimum Gasteiger partial charge on any atom is -0.316 e. The van der Waals surface area contributed by atoms with E-state index in [2.05, 4.69) is 24.1 Å². The van der Waals surface area contributed by atoms with Crippen molar-refractivity contribution in [1.82, 2.24) is 10.3 Å². The van der Waals surface area contributed by atoms with Crippen LogP contribution in [-0.4, -0.2) is 18.1 Å². The molecule has 1 aromatic heterocycles. The minimum absolute atomic E-state index is 0.677. The van der Waals surface area contributed by atoms with Gasteiger partial charge in [0.05, 0.1) is 10.7 Å². The van der Waals surface area contributed by atoms with Crippen molar-refractivity contribution in [2.24, 2.45) is 0 Å². The maximum atomic E-state index is 4.69. The maximum Gasteiger partial charge on any atom is 0.0928 e. The Labute approximate surface area is 83.4 Å². The Morgan fingerprint density at radius 3 is 3.00 bits per heavy atom. The van der Waals surface area contributed by atoms with Gasteiger partial charge in [0.15, 0.2) is 0 Å². The van der Waals surface area contributed by atoms with Gasteiger partial charge in [-0.2, -0.15) is 0 Å². The molecule has 1 aliphatic rings. The Morgan fingerprint density at radius 2 is 2.46 bits per heavy atom. The molecule has 72 valence electrons. The molecule has 13 heavy (non-hydrogen) atoms. The van der Waals surface area contributed by atoms with Crippen LogP contribution in [0.15, 0.2) is 0 Å². The van der Waals surface area contributed by atoms with Gasteiger partial charge in [-0.3, -0.25) is 0 Å². The Bertz CT molecular complexity index is 287. The van der Waals surface area contributed by atoms with Crippen LogP contribution in [0.25, 0.3) is 0 Å². The number of hydrogen-bond donors (Lipinski definition) is 1. The van der Waals surface area contributed by atoms with E-state index in [0.29, 0.717) is 5.92 Å². The first kappa shape index (κ1) is 9.16. The van der Waals surface area contributed by atoms with Crippen molar-refractivity contribution in [2.45, 2.75) is 32.6 Å². The highest BCUT2D eigenvalue weighted by molar-refractivity contribution is 7.11. The Kier molecular flexibility index (Phi) is 2.65. The number of thiazole rings is 1. The van der Waals surface area contributed by atoms with Crippen LogP contribution in [0.3, 0.4) is 0 Å². The van der Waals surface area contributed by atoms with Crippen LogP contribution in [0.4, 0.5) is 0 Å². The minimum atomic E-state index is 0.677. The third kappa shape index (κ3) is 1.76. The molecule has 1 N–H and O–H groups in total. The summed E-state index contributed by atoms with van der Waals surface area (Å²) in [7, 11) is 0. The highest BCUT2D eigenvalue weighted by Crippen LogP contribution is 2.28. The van der Waals surface area contributed by atoms with Gasteiger partial charge in [0.25, 0.3) is 0 Å². The topological polar surface area (TPSA) is 24.9 Å². The van der Waals surface area contributed by atoms with E-state index in [9.17, 15) is 0 Å². The van der Waals surface area contributed by atoms with Crippen LogP contribution in [0, 0.1) is 6.92 Å². The molecule has 0 aliphatic carbocycles. The molecule has 1 saturated heterocycles. The van der Waals surface area contributed by atoms with Crippen molar-refractivity contribution < 1.29 is 0 Å². The van der Waals surface area contributed by atoms with Gasteiger partial charge < -0.3 is 5.32 Å². The molecular weight excluding hydrogens is 180 g/mol. The molecule has 1 aliphatic heterocycles. The number of nitrogens with zero attached hydrogens (tertiary/aromatic N) is 1. The molecule has 3 heteroatoms. The zero-order valence-corrected chi connectivity index (χ0v) is 9.08. The standard InChI is InChI=1S/C10H16N2S/c1-3-9-12-10(7(2)13-9)8-4-5-11-6-8/h8,11H,3-6H2,1-2H3. The lowest BCUT2D eigenvalue weighted by molar-refractivity contribution is 0.731. The Morgan fingerprint density at radius 1 is 1.62 bits per heavy atom. The number of nitrogens with one attached hydrogen (secondary N) is 1. The van der Waals surface area contributed by atoms with Crippen molar-refractivity contribution in [1.29, 1.82) is 0 Å². The van der Waals surface area contributed by atoms with E-state index in [4.69, 9.17) is 0 Å². The SMILES string of the molecule is CCc1nc(C2CCNC2)c(C)s1. The third-order valence-electron chi connectivity index (χ3n) is 2.63. The zero-order valence-electron chi connectivity index (χ0n) is 8.26. The van der Waals surface area contributed by atoms with Crippen molar-refractivity contribution in [3.8, 4) is 0 Å². The van der Waals surface area contributed by atoms with Crippen LogP contribution < -0.4 is 5.32 Å². The molecular formula is C10H16N2S. The molecule has 0 saturated carbocycles. The summed E-state index contributed by atoms with van der Waals surface area (Å²) in [6.45, 7) is 6.65. The number of aromatic nitrogens is 1. The summed E-state index contributed by atoms with van der Waals surface area (Å²) in [4.78, 5) is 6.11. The second-order valence-electron chi connectivity index (χ2n) is 3.59. The van der Waals surface area contributed by atoms with Gasteiger partial charge in [-0.05, 0) is 26.3 Å². The molecule has 0 amide bonds. The first-order valence-corrected chi connectivity index (χ1v) is 5.79. The highest BCUT2D eigenvalue weighted by Gasteiger charge is 2.21. The molecule has 2 heterocycles. The second kappa shape index (κ2) is 3.76. The van der Waals surface area contributed by atoms with Crippen LogP contribution in [0.5, 0.6) is 0 Å². The summed E-state index contributed by atoms with van der Waals surface area (Å²) in [5.41, 5.74) is 1.35. The smallest absolute Gasteiger partial charge is 0.0928 e. The lowest BCUT2D eigenvalue weighted by Crippen LogP contribution is -2.08. The lowest BCUT2D eigenvalue weighted by Gasteiger charge is -2.04. The number of rotatable bonds is 2. The highest BCUT2D eigenvalue weighted by atomic mass is 32.1. The molecule has 0 spiro atoms. The second-order valence-corrected chi connectivity index (χ2v) is 4.88. The van der Waals surface area contributed by atoms with E-state index < -0.39 is 0 Å². The van der Waals surface area contributed by atoms with E-state index in [0.717, 1.165) is 19.5 Å². The van der Waals surface area contributed by atoms with Crippen molar-refractivity contribution in [3.05, 3.63) is 15.6 Å². The number of hydrogen-bond acceptors (Lipinski definition) is 3. The van der Waals surface area contributed by atoms with Crippen molar-refractivity contribution >= 4 is 11.3 Å². The normalized spacial score (nSPS) is 22.5. The van der Waals surface area contributed by atoms with E-state index in [1.807, 2.05) is 11.3 Å². The molecule has 1 aromatic rings. The van der Waals surface area contributed by atoms with Crippen molar-refractivity contribution in [2.75, 3.05) is 13.1 Å². The average Bonchev–Trinajstić information content (AvgIpc) is 2.72. The fourth-order valence-corrected chi connectivity index (χ4v) is 2.84. The van der Waals surface area contributed by atoms with Gasteiger partial charge in [0.1, 0.15) is 0 Å². The molecule has 2 rings (SSSR count). The summed E-state index contributed by atoms with van der Waals surface area (Å²) >= 11 is 1.86. The maximum absolute atomic E-state index is 4.69. The molecule has 0 aromatic carbocycles. The van der Waals surface area contributed by atoms with Gasteiger partial charge in [-0.25, -0.2) is 4.98 Å². The molecule has 1 fully saturated rings. The van der Waals surface area contributed by atoms with Gasteiger partial charge in [0, 0.05) is 17.3 Å². The van der Waals surface area contributed by atoms with Gasteiger partial charge in [-0.15, -0.1) is 11.3 Å². The Hall–Kier alpha value is -0.410. The van der Waals surface area contributed by atoms with Crippen LogP contribution in [-0.2, 0) is 6.42 Å². The van der Waals surface area contributed by atoms with Gasteiger partial charge in [-0.1, -0.05) is 6.92 Å². The molecule has 0 bridgehead atoms. The zero-order chi connectivity index (χ0) is 9.26. The van der Waals surface area contributed by atoms with E-state index >= 15 is 0 Å². The van der Waals surface area contributed by atoms with Gasteiger partial charge >= 0.3 is 0 Å². The first-order chi connectivity index (χ1) is 6.31.